The number of nitrogens with one attached hydrogen (secondary N) is 1. The lowest BCUT2D eigenvalue weighted by atomic mass is 9.77. The van der Waals surface area contributed by atoms with Gasteiger partial charge in [0.1, 0.15) is 5.82 Å². The van der Waals surface area contributed by atoms with Gasteiger partial charge in [0.25, 0.3) is 5.91 Å². The molecule has 1 aromatic heterocycles. The van der Waals surface area contributed by atoms with E-state index in [1.54, 1.807) is 6.20 Å². The van der Waals surface area contributed by atoms with Crippen molar-refractivity contribution < 1.29 is 9.90 Å². The number of amides is 1. The van der Waals surface area contributed by atoms with Crippen LogP contribution in [0.2, 0.25) is 0 Å². The Kier molecular flexibility index (Phi) is 6.18. The van der Waals surface area contributed by atoms with Crippen LogP contribution in [0.15, 0.2) is 23.1 Å². The van der Waals surface area contributed by atoms with Crippen molar-refractivity contribution in [2.24, 2.45) is 10.9 Å². The van der Waals surface area contributed by atoms with Crippen LogP contribution in [0, 0.1) is 12.8 Å². The predicted octanol–water partition coefficient (Wildman–Crippen LogP) is 3.15. The third-order valence-electron chi connectivity index (χ3n) is 6.05. The first-order valence-electron chi connectivity index (χ1n) is 10.2. The van der Waals surface area contributed by atoms with Crippen molar-refractivity contribution in [1.29, 1.82) is 0 Å². The second kappa shape index (κ2) is 8.43. The maximum Gasteiger partial charge on any atom is 0.253 e. The van der Waals surface area contributed by atoms with Crippen LogP contribution in [0.4, 0.5) is 0 Å². The Morgan fingerprint density at radius 1 is 1.36 bits per heavy atom. The lowest BCUT2D eigenvalue weighted by Crippen LogP contribution is -2.41. The molecule has 1 aliphatic heterocycles. The molecule has 6 nitrogen and oxygen atoms in total. The topological polar surface area (TPSA) is 77.8 Å². The number of carbonyl (C=O) groups excluding carboxylic acids is 1. The number of carbonyl (C=O) groups is 1. The lowest BCUT2D eigenvalue weighted by molar-refractivity contribution is -0.00257. The van der Waals surface area contributed by atoms with Crippen molar-refractivity contribution in [2.75, 3.05) is 13.1 Å². The number of aryl methyl sites for hydroxylation is 1. The van der Waals surface area contributed by atoms with E-state index in [4.69, 9.17) is 0 Å². The molecule has 3 rings (SSSR count). The SMILES string of the molecule is C=N/C(=C\c1ncc(C(=O)NC2CCC(C(C)(C)O)CC2)cc1C)N1CCC1. The normalized spacial score (nSPS) is 23.1. The van der Waals surface area contributed by atoms with Gasteiger partial charge in [0.05, 0.1) is 16.9 Å². The number of pyridine rings is 1. The summed E-state index contributed by atoms with van der Waals surface area (Å²) in [4.78, 5) is 23.4. The number of nitrogens with zero attached hydrogens (tertiary/aromatic N) is 3. The molecule has 0 atom stereocenters. The van der Waals surface area contributed by atoms with E-state index >= 15 is 0 Å². The Balaban J connectivity index is 1.61. The van der Waals surface area contributed by atoms with Gasteiger partial charge in [-0.25, -0.2) is 4.99 Å². The van der Waals surface area contributed by atoms with Gasteiger partial charge >= 0.3 is 0 Å². The highest BCUT2D eigenvalue weighted by molar-refractivity contribution is 5.94. The maximum absolute atomic E-state index is 12.6. The van der Waals surface area contributed by atoms with Gasteiger partial charge in [-0.05, 0) is 77.1 Å². The Hall–Kier alpha value is -2.21. The quantitative estimate of drug-likeness (QED) is 0.739. The van der Waals surface area contributed by atoms with Crippen LogP contribution >= 0.6 is 0 Å². The number of aromatic nitrogens is 1. The first-order chi connectivity index (χ1) is 13.3. The Bertz CT molecular complexity index is 754. The summed E-state index contributed by atoms with van der Waals surface area (Å²) in [6.07, 6.45) is 8.41. The van der Waals surface area contributed by atoms with Gasteiger partial charge in [-0.1, -0.05) is 0 Å². The molecule has 1 aliphatic carbocycles. The minimum absolute atomic E-state index is 0.0809. The summed E-state index contributed by atoms with van der Waals surface area (Å²) in [5.74, 6) is 1.06. The monoisotopic (exact) mass is 384 g/mol. The molecule has 1 aromatic rings. The highest BCUT2D eigenvalue weighted by Gasteiger charge is 2.31. The highest BCUT2D eigenvalue weighted by Crippen LogP contribution is 2.32. The fraction of sp³-hybridized carbons (Fsp3) is 0.591. The molecule has 28 heavy (non-hydrogen) atoms. The van der Waals surface area contributed by atoms with Crippen molar-refractivity contribution in [3.8, 4) is 0 Å². The second-order valence-corrected chi connectivity index (χ2v) is 8.60. The second-order valence-electron chi connectivity index (χ2n) is 8.60. The molecule has 1 amide bonds. The minimum atomic E-state index is -0.644. The Morgan fingerprint density at radius 3 is 2.54 bits per heavy atom. The largest absolute Gasteiger partial charge is 0.390 e. The van der Waals surface area contributed by atoms with Gasteiger partial charge in [0.15, 0.2) is 0 Å². The first kappa shape index (κ1) is 20.5. The van der Waals surface area contributed by atoms with Crippen molar-refractivity contribution >= 4 is 18.7 Å². The molecule has 2 aliphatic rings. The van der Waals surface area contributed by atoms with Gasteiger partial charge in [0, 0.05) is 31.4 Å². The molecule has 0 spiro atoms. The van der Waals surface area contributed by atoms with Gasteiger partial charge < -0.3 is 15.3 Å². The number of hydrogen-bond donors (Lipinski definition) is 2. The van der Waals surface area contributed by atoms with E-state index in [2.05, 4.69) is 26.9 Å². The third kappa shape index (κ3) is 4.79. The van der Waals surface area contributed by atoms with E-state index < -0.39 is 5.60 Å². The molecule has 1 saturated carbocycles. The number of rotatable bonds is 6. The van der Waals surface area contributed by atoms with Gasteiger partial charge in [0.2, 0.25) is 0 Å². The molecular weight excluding hydrogens is 352 g/mol. The van der Waals surface area contributed by atoms with Crippen molar-refractivity contribution in [3.63, 3.8) is 0 Å². The standard InChI is InChI=1S/C22H32N4O2/c1-15-12-16(14-24-19(15)13-20(23-4)26-10-5-11-26)21(27)25-18-8-6-17(7-9-18)22(2,3)28/h12-14,17-18,28H,4-11H2,1-3H3,(H,25,27)/b20-13+. The zero-order valence-corrected chi connectivity index (χ0v) is 17.2. The molecular formula is C22H32N4O2. The van der Waals surface area contributed by atoms with E-state index in [0.717, 1.165) is 55.9 Å². The van der Waals surface area contributed by atoms with Crippen molar-refractivity contribution in [2.45, 2.75) is 64.5 Å². The molecule has 2 fully saturated rings. The average Bonchev–Trinajstić information content (AvgIpc) is 2.60. The summed E-state index contributed by atoms with van der Waals surface area (Å²) in [6.45, 7) is 11.4. The molecule has 2 heterocycles. The fourth-order valence-corrected chi connectivity index (χ4v) is 3.98. The fourth-order valence-electron chi connectivity index (χ4n) is 3.98. The molecule has 0 bridgehead atoms. The Labute approximate surface area is 167 Å². The maximum atomic E-state index is 12.6. The van der Waals surface area contributed by atoms with Crippen molar-refractivity contribution in [3.05, 3.63) is 34.9 Å². The molecule has 1 saturated heterocycles. The van der Waals surface area contributed by atoms with E-state index in [-0.39, 0.29) is 11.9 Å². The molecule has 2 N–H and O–H groups in total. The number of aliphatic hydroxyl groups is 1. The number of hydrogen-bond acceptors (Lipinski definition) is 5. The van der Waals surface area contributed by atoms with E-state index in [0.29, 0.717) is 11.5 Å². The van der Waals surface area contributed by atoms with Crippen LogP contribution in [-0.2, 0) is 0 Å². The molecule has 0 unspecified atom stereocenters. The lowest BCUT2D eigenvalue weighted by Gasteiger charge is -2.36. The van der Waals surface area contributed by atoms with Crippen LogP contribution in [0.1, 0.15) is 67.6 Å². The smallest absolute Gasteiger partial charge is 0.253 e. The summed E-state index contributed by atoms with van der Waals surface area (Å²) in [6, 6.07) is 2.04. The Morgan fingerprint density at radius 2 is 2.04 bits per heavy atom. The highest BCUT2D eigenvalue weighted by atomic mass is 16.3. The summed E-state index contributed by atoms with van der Waals surface area (Å²) >= 11 is 0. The van der Waals surface area contributed by atoms with Crippen LogP contribution in [0.5, 0.6) is 0 Å². The zero-order chi connectivity index (χ0) is 20.3. The first-order valence-corrected chi connectivity index (χ1v) is 10.2. The minimum Gasteiger partial charge on any atom is -0.390 e. The third-order valence-corrected chi connectivity index (χ3v) is 6.05. The average molecular weight is 385 g/mol. The zero-order valence-electron chi connectivity index (χ0n) is 17.2. The summed E-state index contributed by atoms with van der Waals surface area (Å²) < 4.78 is 0. The van der Waals surface area contributed by atoms with Crippen LogP contribution in [0.3, 0.4) is 0 Å². The summed E-state index contributed by atoms with van der Waals surface area (Å²) in [5.41, 5.74) is 1.70. The molecule has 0 radical (unpaired) electrons. The van der Waals surface area contributed by atoms with Gasteiger partial charge in [-0.15, -0.1) is 0 Å². The van der Waals surface area contributed by atoms with Crippen LogP contribution in [-0.4, -0.2) is 52.3 Å². The number of likely N-dealkylation sites (tertiary alicyclic amines) is 1. The summed E-state index contributed by atoms with van der Waals surface area (Å²) in [7, 11) is 0. The van der Waals surface area contributed by atoms with E-state index in [9.17, 15) is 9.90 Å². The van der Waals surface area contributed by atoms with Crippen molar-refractivity contribution in [1.82, 2.24) is 15.2 Å². The summed E-state index contributed by atoms with van der Waals surface area (Å²) in [5, 5.41) is 13.3. The van der Waals surface area contributed by atoms with E-state index in [1.807, 2.05) is 32.9 Å². The van der Waals surface area contributed by atoms with Gasteiger partial charge in [-0.3, -0.25) is 9.78 Å². The van der Waals surface area contributed by atoms with E-state index in [1.165, 1.54) is 6.42 Å². The molecule has 6 heteroatoms. The number of aliphatic imine (C=N–C) groups is 1. The predicted molar refractivity (Wildman–Crippen MR) is 112 cm³/mol. The molecule has 152 valence electrons. The van der Waals surface area contributed by atoms with Crippen LogP contribution < -0.4 is 5.32 Å². The van der Waals surface area contributed by atoms with Crippen LogP contribution in [0.25, 0.3) is 6.08 Å². The van der Waals surface area contributed by atoms with Gasteiger partial charge in [-0.2, -0.15) is 0 Å². The molecule has 0 aromatic carbocycles.